The third-order valence-electron chi connectivity index (χ3n) is 3.16. The van der Waals surface area contributed by atoms with Crippen LogP contribution in [0.3, 0.4) is 0 Å². The van der Waals surface area contributed by atoms with Crippen LogP contribution in [0.5, 0.6) is 5.75 Å². The van der Waals surface area contributed by atoms with Crippen LogP contribution in [0.1, 0.15) is 20.7 Å². The number of hydrogen-bond acceptors (Lipinski definition) is 6. The first-order valence-electron chi connectivity index (χ1n) is 7.01. The van der Waals surface area contributed by atoms with Crippen molar-refractivity contribution in [2.75, 3.05) is 0 Å². The summed E-state index contributed by atoms with van der Waals surface area (Å²) in [6.45, 7) is 0. The first-order chi connectivity index (χ1) is 12.3. The minimum Gasteiger partial charge on any atom is -0.405 e. The van der Waals surface area contributed by atoms with Crippen LogP contribution >= 0.6 is 11.7 Å². The van der Waals surface area contributed by atoms with E-state index in [0.717, 1.165) is 23.9 Å². The fourth-order valence-electron chi connectivity index (χ4n) is 2.04. The fourth-order valence-corrected chi connectivity index (χ4v) is 2.56. The molecule has 134 valence electrons. The average Bonchev–Trinajstić information content (AvgIpc) is 3.06. The maximum absolute atomic E-state index is 12.4. The molecule has 0 aliphatic carbocycles. The quantitative estimate of drug-likeness (QED) is 0.680. The Bertz CT molecular complexity index is 974. The number of carbonyl (C=O) groups excluding carboxylic acids is 2. The van der Waals surface area contributed by atoms with Gasteiger partial charge in [-0.3, -0.25) is 20.4 Å². The van der Waals surface area contributed by atoms with Gasteiger partial charge in [-0.2, -0.15) is 8.75 Å². The second-order valence-electron chi connectivity index (χ2n) is 4.92. The molecule has 26 heavy (non-hydrogen) atoms. The number of hydrazine groups is 1. The van der Waals surface area contributed by atoms with E-state index in [2.05, 4.69) is 18.9 Å². The number of rotatable bonds is 3. The predicted octanol–water partition coefficient (Wildman–Crippen LogP) is 2.66. The van der Waals surface area contributed by atoms with Gasteiger partial charge in [0.15, 0.2) is 0 Å². The number of fused-ring (bicyclic) bond motifs is 1. The van der Waals surface area contributed by atoms with Crippen molar-refractivity contribution in [2.24, 2.45) is 0 Å². The van der Waals surface area contributed by atoms with Crippen LogP contribution in [-0.4, -0.2) is 26.9 Å². The lowest BCUT2D eigenvalue weighted by atomic mass is 10.2. The highest BCUT2D eigenvalue weighted by Gasteiger charge is 2.32. The van der Waals surface area contributed by atoms with Gasteiger partial charge in [-0.1, -0.05) is 12.1 Å². The molecule has 0 fully saturated rings. The maximum Gasteiger partial charge on any atom is 0.573 e. The molecule has 3 aromatic rings. The van der Waals surface area contributed by atoms with Crippen molar-refractivity contribution >= 4 is 34.6 Å². The lowest BCUT2D eigenvalue weighted by Crippen LogP contribution is -2.41. The first kappa shape index (κ1) is 17.6. The van der Waals surface area contributed by atoms with E-state index in [0.29, 0.717) is 11.0 Å². The summed E-state index contributed by atoms with van der Waals surface area (Å²) < 4.78 is 48.9. The number of aromatic nitrogens is 2. The minimum atomic E-state index is -4.95. The summed E-state index contributed by atoms with van der Waals surface area (Å²) in [4.78, 5) is 24.1. The predicted molar refractivity (Wildman–Crippen MR) is 85.5 cm³/mol. The summed E-state index contributed by atoms with van der Waals surface area (Å²) in [5.41, 5.74) is 5.12. The van der Waals surface area contributed by atoms with Gasteiger partial charge in [0.25, 0.3) is 11.8 Å². The van der Waals surface area contributed by atoms with Gasteiger partial charge in [0.05, 0.1) is 17.3 Å². The number of nitrogens with zero attached hydrogens (tertiary/aromatic N) is 2. The average molecular weight is 382 g/mol. The Labute approximate surface area is 148 Å². The Morgan fingerprint density at radius 1 is 0.962 bits per heavy atom. The van der Waals surface area contributed by atoms with Gasteiger partial charge in [0.2, 0.25) is 0 Å². The molecule has 3 rings (SSSR count). The number of amides is 2. The van der Waals surface area contributed by atoms with Gasteiger partial charge in [-0.05, 0) is 30.3 Å². The molecule has 0 saturated carbocycles. The van der Waals surface area contributed by atoms with Crippen LogP contribution in [0.2, 0.25) is 0 Å². The van der Waals surface area contributed by atoms with E-state index >= 15 is 0 Å². The van der Waals surface area contributed by atoms with Crippen molar-refractivity contribution in [3.05, 3.63) is 53.6 Å². The van der Waals surface area contributed by atoms with Crippen molar-refractivity contribution in [1.29, 1.82) is 0 Å². The number of hydrogen-bond donors (Lipinski definition) is 2. The molecule has 11 heteroatoms. The third kappa shape index (κ3) is 4.06. The zero-order chi connectivity index (χ0) is 18.7. The number of alkyl halides is 3. The largest absolute Gasteiger partial charge is 0.573 e. The van der Waals surface area contributed by atoms with E-state index in [-0.39, 0.29) is 11.1 Å². The lowest BCUT2D eigenvalue weighted by Gasteiger charge is -2.13. The summed E-state index contributed by atoms with van der Waals surface area (Å²) in [5, 5.41) is 0. The molecule has 0 bridgehead atoms. The van der Waals surface area contributed by atoms with Gasteiger partial charge < -0.3 is 4.74 Å². The van der Waals surface area contributed by atoms with Crippen molar-refractivity contribution in [1.82, 2.24) is 19.6 Å². The van der Waals surface area contributed by atoms with Crippen LogP contribution in [-0.2, 0) is 0 Å². The smallest absolute Gasteiger partial charge is 0.405 e. The van der Waals surface area contributed by atoms with Crippen molar-refractivity contribution in [3.63, 3.8) is 0 Å². The Hall–Kier alpha value is -3.21. The minimum absolute atomic E-state index is 0.199. The van der Waals surface area contributed by atoms with E-state index in [1.165, 1.54) is 24.3 Å². The molecule has 7 nitrogen and oxygen atoms in total. The molecule has 0 atom stereocenters. The number of benzene rings is 2. The number of halogens is 3. The topological polar surface area (TPSA) is 93.2 Å². The molecule has 0 spiro atoms. The lowest BCUT2D eigenvalue weighted by molar-refractivity contribution is -0.274. The number of carbonyl (C=O) groups is 2. The summed E-state index contributed by atoms with van der Waals surface area (Å²) in [7, 11) is 0. The van der Waals surface area contributed by atoms with Crippen LogP contribution < -0.4 is 15.6 Å². The van der Waals surface area contributed by atoms with Gasteiger partial charge >= 0.3 is 6.36 Å². The standard InChI is InChI=1S/C15H9F3N4O3S/c16-15(17,18)25-12-4-2-1-3-9(12)14(24)20-19-13(23)8-5-6-10-11(7-8)22-26-21-10/h1-7H,(H,19,23)(H,20,24). The van der Waals surface area contributed by atoms with Crippen LogP contribution in [0, 0.1) is 0 Å². The maximum atomic E-state index is 12.4. The van der Waals surface area contributed by atoms with Crippen LogP contribution in [0.15, 0.2) is 42.5 Å². The van der Waals surface area contributed by atoms with Gasteiger partial charge in [0.1, 0.15) is 16.8 Å². The third-order valence-corrected chi connectivity index (χ3v) is 3.72. The molecule has 0 saturated heterocycles. The van der Waals surface area contributed by atoms with Gasteiger partial charge in [-0.15, -0.1) is 13.2 Å². The molecule has 1 aromatic heterocycles. The molecular weight excluding hydrogens is 373 g/mol. The second-order valence-corrected chi connectivity index (χ2v) is 5.45. The highest BCUT2D eigenvalue weighted by molar-refractivity contribution is 7.00. The zero-order valence-electron chi connectivity index (χ0n) is 12.7. The summed E-state index contributed by atoms with van der Waals surface area (Å²) >= 11 is 0.988. The SMILES string of the molecule is O=C(NNC(=O)c1ccccc1OC(F)(F)F)c1ccc2nsnc2c1. The van der Waals surface area contributed by atoms with E-state index in [9.17, 15) is 22.8 Å². The summed E-state index contributed by atoms with van der Waals surface area (Å²) in [6.07, 6.45) is -4.95. The van der Waals surface area contributed by atoms with E-state index in [1.807, 2.05) is 5.43 Å². The molecular formula is C15H9F3N4O3S. The fraction of sp³-hybridized carbons (Fsp3) is 0.0667. The summed E-state index contributed by atoms with van der Waals surface area (Å²) in [6, 6.07) is 9.31. The molecule has 1 heterocycles. The van der Waals surface area contributed by atoms with Gasteiger partial charge in [-0.25, -0.2) is 0 Å². The van der Waals surface area contributed by atoms with E-state index in [1.54, 1.807) is 6.07 Å². The zero-order valence-corrected chi connectivity index (χ0v) is 13.5. The van der Waals surface area contributed by atoms with E-state index < -0.39 is 23.9 Å². The second kappa shape index (κ2) is 6.96. The van der Waals surface area contributed by atoms with Crippen molar-refractivity contribution in [2.45, 2.75) is 6.36 Å². The monoisotopic (exact) mass is 382 g/mol. The molecule has 2 aromatic carbocycles. The molecule has 2 amide bonds. The normalized spacial score (nSPS) is 11.2. The summed E-state index contributed by atoms with van der Waals surface area (Å²) in [5.74, 6) is -2.31. The Kier molecular flexibility index (Phi) is 4.71. The number of para-hydroxylation sites is 1. The highest BCUT2D eigenvalue weighted by Crippen LogP contribution is 2.26. The Balaban J connectivity index is 1.69. The molecule has 0 radical (unpaired) electrons. The Morgan fingerprint density at radius 2 is 1.65 bits per heavy atom. The molecule has 0 aliphatic heterocycles. The highest BCUT2D eigenvalue weighted by atomic mass is 32.1. The molecule has 2 N–H and O–H groups in total. The van der Waals surface area contributed by atoms with Crippen molar-refractivity contribution in [3.8, 4) is 5.75 Å². The Morgan fingerprint density at radius 3 is 2.42 bits per heavy atom. The van der Waals surface area contributed by atoms with Crippen molar-refractivity contribution < 1.29 is 27.5 Å². The van der Waals surface area contributed by atoms with E-state index in [4.69, 9.17) is 0 Å². The van der Waals surface area contributed by atoms with Gasteiger partial charge in [0, 0.05) is 5.56 Å². The molecule has 0 unspecified atom stereocenters. The molecule has 0 aliphatic rings. The van der Waals surface area contributed by atoms with Crippen LogP contribution in [0.25, 0.3) is 11.0 Å². The first-order valence-corrected chi connectivity index (χ1v) is 7.74. The number of ether oxygens (including phenoxy) is 1. The number of nitrogens with one attached hydrogen (secondary N) is 2. The van der Waals surface area contributed by atoms with Crippen LogP contribution in [0.4, 0.5) is 13.2 Å².